The highest BCUT2D eigenvalue weighted by Gasteiger charge is 2.21. The van der Waals surface area contributed by atoms with Gasteiger partial charge in [0.15, 0.2) is 6.29 Å². The Labute approximate surface area is 134 Å². The molecule has 0 heterocycles. The zero-order valence-corrected chi connectivity index (χ0v) is 12.5. The second kappa shape index (κ2) is 8.48. The molecule has 0 aliphatic rings. The van der Waals surface area contributed by atoms with E-state index in [9.17, 15) is 14.4 Å². The van der Waals surface area contributed by atoms with Crippen molar-refractivity contribution in [3.63, 3.8) is 0 Å². The maximum absolute atomic E-state index is 11.8. The molecule has 0 saturated heterocycles. The number of ketones is 1. The fourth-order valence-electron chi connectivity index (χ4n) is 2.06. The highest BCUT2D eigenvalue weighted by molar-refractivity contribution is 6.27. The van der Waals surface area contributed by atoms with E-state index in [0.717, 1.165) is 11.1 Å². The Morgan fingerprint density at radius 1 is 0.957 bits per heavy atom. The SMILES string of the molecule is O=CC(=O)[C@H](Cc1ccccc1)NC(=O)OCc1ccccc1. The first-order valence-corrected chi connectivity index (χ1v) is 7.19. The average molecular weight is 311 g/mol. The summed E-state index contributed by atoms with van der Waals surface area (Å²) in [5, 5.41) is 2.44. The lowest BCUT2D eigenvalue weighted by atomic mass is 10.0. The molecule has 0 unspecified atom stereocenters. The Bertz CT molecular complexity index is 655. The third-order valence-corrected chi connectivity index (χ3v) is 3.25. The first-order valence-electron chi connectivity index (χ1n) is 7.19. The second-order valence-corrected chi connectivity index (χ2v) is 4.97. The third kappa shape index (κ3) is 5.39. The number of carbonyl (C=O) groups is 3. The van der Waals surface area contributed by atoms with E-state index in [0.29, 0.717) is 0 Å². The van der Waals surface area contributed by atoms with Crippen LogP contribution in [-0.2, 0) is 27.4 Å². The molecule has 1 atom stereocenters. The first kappa shape index (κ1) is 16.4. The molecule has 0 aromatic heterocycles. The number of benzene rings is 2. The quantitative estimate of drug-likeness (QED) is 0.629. The minimum atomic E-state index is -0.932. The molecule has 5 heteroatoms. The summed E-state index contributed by atoms with van der Waals surface area (Å²) in [6.07, 6.45) is -0.283. The van der Waals surface area contributed by atoms with Crippen LogP contribution >= 0.6 is 0 Å². The molecule has 0 radical (unpaired) electrons. The van der Waals surface area contributed by atoms with E-state index in [1.807, 2.05) is 60.7 Å². The van der Waals surface area contributed by atoms with Gasteiger partial charge in [-0.05, 0) is 11.1 Å². The molecule has 0 bridgehead atoms. The van der Waals surface area contributed by atoms with Crippen molar-refractivity contribution in [1.82, 2.24) is 5.32 Å². The van der Waals surface area contributed by atoms with E-state index in [1.54, 1.807) is 0 Å². The zero-order chi connectivity index (χ0) is 16.5. The number of amides is 1. The summed E-state index contributed by atoms with van der Waals surface area (Å²) in [5.41, 5.74) is 1.68. The highest BCUT2D eigenvalue weighted by Crippen LogP contribution is 2.05. The molecule has 2 rings (SSSR count). The van der Waals surface area contributed by atoms with Crippen LogP contribution in [0.2, 0.25) is 0 Å². The molecule has 0 fully saturated rings. The maximum atomic E-state index is 11.8. The predicted molar refractivity (Wildman–Crippen MR) is 84.8 cm³/mol. The number of carbonyl (C=O) groups excluding carboxylic acids is 3. The van der Waals surface area contributed by atoms with Crippen LogP contribution in [0.15, 0.2) is 60.7 Å². The average Bonchev–Trinajstić information content (AvgIpc) is 2.60. The van der Waals surface area contributed by atoms with Gasteiger partial charge in [0.05, 0.1) is 0 Å². The van der Waals surface area contributed by atoms with E-state index in [-0.39, 0.29) is 19.3 Å². The molecule has 5 nitrogen and oxygen atoms in total. The Kier molecular flexibility index (Phi) is 6.06. The van der Waals surface area contributed by atoms with Crippen molar-refractivity contribution in [2.45, 2.75) is 19.1 Å². The number of aldehydes is 1. The van der Waals surface area contributed by atoms with Crippen LogP contribution in [0.25, 0.3) is 0 Å². The van der Waals surface area contributed by atoms with Crippen LogP contribution in [-0.4, -0.2) is 24.2 Å². The van der Waals surface area contributed by atoms with E-state index < -0.39 is 17.9 Å². The van der Waals surface area contributed by atoms with Crippen LogP contribution in [0, 0.1) is 0 Å². The largest absolute Gasteiger partial charge is 0.445 e. The van der Waals surface area contributed by atoms with E-state index >= 15 is 0 Å². The Morgan fingerprint density at radius 2 is 1.52 bits per heavy atom. The molecule has 2 aromatic rings. The number of hydrogen-bond donors (Lipinski definition) is 1. The molecule has 1 amide bonds. The van der Waals surface area contributed by atoms with Crippen molar-refractivity contribution in [2.75, 3.05) is 0 Å². The van der Waals surface area contributed by atoms with Crippen molar-refractivity contribution < 1.29 is 19.1 Å². The van der Waals surface area contributed by atoms with Gasteiger partial charge in [-0.3, -0.25) is 9.59 Å². The van der Waals surface area contributed by atoms with Crippen molar-refractivity contribution in [3.05, 3.63) is 71.8 Å². The summed E-state index contributed by atoms with van der Waals surface area (Å²) in [7, 11) is 0. The number of Topliss-reactive ketones (excluding diaryl/α,β-unsaturated/α-hetero) is 1. The van der Waals surface area contributed by atoms with Crippen molar-refractivity contribution in [1.29, 1.82) is 0 Å². The van der Waals surface area contributed by atoms with E-state index in [2.05, 4.69) is 5.32 Å². The minimum absolute atomic E-state index is 0.0972. The van der Waals surface area contributed by atoms with Gasteiger partial charge < -0.3 is 10.1 Å². The summed E-state index contributed by atoms with van der Waals surface area (Å²) in [6, 6.07) is 17.4. The van der Waals surface area contributed by atoms with Gasteiger partial charge in [-0.15, -0.1) is 0 Å². The number of hydrogen-bond acceptors (Lipinski definition) is 4. The smallest absolute Gasteiger partial charge is 0.408 e. The Balaban J connectivity index is 1.93. The molecular weight excluding hydrogens is 294 g/mol. The highest BCUT2D eigenvalue weighted by atomic mass is 16.5. The predicted octanol–water partition coefficient (Wildman–Crippen LogP) is 2.29. The number of nitrogens with one attached hydrogen (secondary N) is 1. The standard InChI is InChI=1S/C18H17NO4/c20-12-17(21)16(11-14-7-3-1-4-8-14)19-18(22)23-13-15-9-5-2-6-10-15/h1-10,12,16H,11,13H2,(H,19,22)/t16-/m0/s1. The van der Waals surface area contributed by atoms with Gasteiger partial charge in [-0.25, -0.2) is 4.79 Å². The summed E-state index contributed by atoms with van der Waals surface area (Å²) >= 11 is 0. The van der Waals surface area contributed by atoms with Crippen LogP contribution < -0.4 is 5.32 Å². The summed E-state index contributed by atoms with van der Waals surface area (Å²) in [6.45, 7) is 0.0972. The van der Waals surface area contributed by atoms with Crippen LogP contribution in [0.3, 0.4) is 0 Å². The monoisotopic (exact) mass is 311 g/mol. The van der Waals surface area contributed by atoms with Crippen LogP contribution in [0.4, 0.5) is 4.79 Å². The van der Waals surface area contributed by atoms with E-state index in [4.69, 9.17) is 4.74 Å². The lowest BCUT2D eigenvalue weighted by Gasteiger charge is -2.15. The summed E-state index contributed by atoms with van der Waals surface area (Å²) in [5.74, 6) is -0.689. The lowest BCUT2D eigenvalue weighted by Crippen LogP contribution is -2.43. The molecule has 0 spiro atoms. The zero-order valence-electron chi connectivity index (χ0n) is 12.5. The van der Waals surface area contributed by atoms with Crippen molar-refractivity contribution >= 4 is 18.2 Å². The normalized spacial score (nSPS) is 11.3. The van der Waals surface area contributed by atoms with Gasteiger partial charge in [0.25, 0.3) is 0 Å². The Hall–Kier alpha value is -2.95. The lowest BCUT2D eigenvalue weighted by molar-refractivity contribution is -0.131. The molecule has 118 valence electrons. The number of alkyl carbamates (subject to hydrolysis) is 1. The fraction of sp³-hybridized carbons (Fsp3) is 0.167. The Morgan fingerprint density at radius 3 is 2.09 bits per heavy atom. The van der Waals surface area contributed by atoms with Gasteiger partial charge in [0.1, 0.15) is 12.6 Å². The van der Waals surface area contributed by atoms with Crippen LogP contribution in [0.5, 0.6) is 0 Å². The molecule has 2 aromatic carbocycles. The van der Waals surface area contributed by atoms with E-state index in [1.165, 1.54) is 0 Å². The maximum Gasteiger partial charge on any atom is 0.408 e. The number of ether oxygens (including phenoxy) is 1. The van der Waals surface area contributed by atoms with Gasteiger partial charge in [-0.2, -0.15) is 0 Å². The topological polar surface area (TPSA) is 72.5 Å². The molecule has 0 aliphatic heterocycles. The minimum Gasteiger partial charge on any atom is -0.445 e. The van der Waals surface area contributed by atoms with Gasteiger partial charge in [0, 0.05) is 6.42 Å². The van der Waals surface area contributed by atoms with Crippen molar-refractivity contribution in [3.8, 4) is 0 Å². The third-order valence-electron chi connectivity index (χ3n) is 3.25. The van der Waals surface area contributed by atoms with Crippen LogP contribution in [0.1, 0.15) is 11.1 Å². The molecule has 23 heavy (non-hydrogen) atoms. The fourth-order valence-corrected chi connectivity index (χ4v) is 2.06. The van der Waals surface area contributed by atoms with Crippen molar-refractivity contribution in [2.24, 2.45) is 0 Å². The van der Waals surface area contributed by atoms with Gasteiger partial charge in [-0.1, -0.05) is 60.7 Å². The summed E-state index contributed by atoms with van der Waals surface area (Å²) < 4.78 is 5.07. The van der Waals surface area contributed by atoms with Gasteiger partial charge in [0.2, 0.25) is 5.78 Å². The summed E-state index contributed by atoms with van der Waals surface area (Å²) in [4.78, 5) is 34.3. The molecule has 1 N–H and O–H groups in total. The second-order valence-electron chi connectivity index (χ2n) is 4.97. The molecule has 0 saturated carbocycles. The number of rotatable bonds is 7. The van der Waals surface area contributed by atoms with Gasteiger partial charge >= 0.3 is 6.09 Å². The molecule has 0 aliphatic carbocycles. The first-order chi connectivity index (χ1) is 11.2. The molecular formula is C18H17NO4.